The normalized spacial score (nSPS) is 20.7. The number of allylic oxidation sites excluding steroid dienone is 6. The van der Waals surface area contributed by atoms with Gasteiger partial charge in [-0.25, -0.2) is 13.2 Å². The second-order valence-electron chi connectivity index (χ2n) is 18.6. The molecule has 0 spiro atoms. The molecule has 2 amide bonds. The number of unbranched alkanes of at least 4 members (excludes halogenated alkanes) is 3. The monoisotopic (exact) mass is 933 g/mol. The Hall–Kier alpha value is -4.97. The molecule has 1 atom stereocenters. The van der Waals surface area contributed by atoms with Crippen LogP contribution in [0.1, 0.15) is 132 Å². The van der Waals surface area contributed by atoms with Gasteiger partial charge in [0.25, 0.3) is 11.8 Å². The van der Waals surface area contributed by atoms with Gasteiger partial charge in [-0.3, -0.25) is 9.59 Å². The van der Waals surface area contributed by atoms with Crippen molar-refractivity contribution in [2.45, 2.75) is 129 Å². The van der Waals surface area contributed by atoms with Crippen molar-refractivity contribution < 1.29 is 67.8 Å². The van der Waals surface area contributed by atoms with Crippen molar-refractivity contribution in [3.8, 4) is 5.75 Å². The number of carbonyl (C=O) groups excluding carboxylic acids is 3. The number of benzene rings is 2. The first-order valence-corrected chi connectivity index (χ1v) is 23.6. The number of rotatable bonds is 14. The number of hydrogen-bond donors (Lipinski definition) is 0. The van der Waals surface area contributed by atoms with Crippen molar-refractivity contribution in [3.63, 3.8) is 0 Å². The third kappa shape index (κ3) is 10.2. The first kappa shape index (κ1) is 48.0. The molecule has 5 aliphatic heterocycles. The Bertz CT molecular complexity index is 2500. The molecular formula is C47H53F6N3O8S. The van der Waals surface area contributed by atoms with E-state index in [2.05, 4.69) is 11.0 Å². The summed E-state index contributed by atoms with van der Waals surface area (Å²) in [6.07, 6.45) is 0.228. The summed E-state index contributed by atoms with van der Waals surface area (Å²) in [5, 5.41) is 0.424. The molecule has 0 N–H and O–H groups in total. The predicted octanol–water partition coefficient (Wildman–Crippen LogP) is 9.62. The molecule has 0 bridgehead atoms. The Kier molecular flexibility index (Phi) is 13.3. The molecule has 1 fully saturated rings. The highest BCUT2D eigenvalue weighted by atomic mass is 32.2. The van der Waals surface area contributed by atoms with E-state index in [9.17, 15) is 40.5 Å². The van der Waals surface area contributed by atoms with E-state index in [1.807, 2.05) is 32.9 Å². The minimum absolute atomic E-state index is 0.0228. The number of alkyl halides is 6. The molecular weight excluding hydrogens is 881 g/mol. The summed E-state index contributed by atoms with van der Waals surface area (Å²) in [6, 6.07) is 2.94. The van der Waals surface area contributed by atoms with Gasteiger partial charge in [-0.2, -0.15) is 30.9 Å². The molecule has 2 aromatic carbocycles. The predicted molar refractivity (Wildman–Crippen MR) is 228 cm³/mol. The van der Waals surface area contributed by atoms with Gasteiger partial charge in [-0.15, -0.1) is 5.06 Å². The lowest BCUT2D eigenvalue weighted by molar-refractivity contribution is -0.438. The lowest BCUT2D eigenvalue weighted by atomic mass is 9.73. The van der Waals surface area contributed by atoms with E-state index in [1.165, 1.54) is 22.8 Å². The molecule has 1 saturated heterocycles. The van der Waals surface area contributed by atoms with E-state index in [4.69, 9.17) is 9.57 Å². The third-order valence-electron chi connectivity index (χ3n) is 12.8. The zero-order valence-electron chi connectivity index (χ0n) is 36.8. The summed E-state index contributed by atoms with van der Waals surface area (Å²) < 4.78 is 131. The van der Waals surface area contributed by atoms with Crippen molar-refractivity contribution in [2.75, 3.05) is 30.3 Å². The fraction of sp³-hybridized carbons (Fsp3) is 0.532. The maximum Gasteiger partial charge on any atom is 0.416 e. The van der Waals surface area contributed by atoms with Crippen LogP contribution in [0.15, 0.2) is 48.3 Å². The van der Waals surface area contributed by atoms with Crippen LogP contribution in [0.3, 0.4) is 0 Å². The molecule has 0 radical (unpaired) electrons. The van der Waals surface area contributed by atoms with Crippen molar-refractivity contribution >= 4 is 50.6 Å². The quantitative estimate of drug-likeness (QED) is 0.0597. The number of amides is 2. The molecule has 7 rings (SSSR count). The molecule has 0 aliphatic carbocycles. The van der Waals surface area contributed by atoms with Gasteiger partial charge >= 0.3 is 18.3 Å². The van der Waals surface area contributed by atoms with E-state index < -0.39 is 68.0 Å². The van der Waals surface area contributed by atoms with Crippen molar-refractivity contribution in [1.82, 2.24) is 5.06 Å². The van der Waals surface area contributed by atoms with Crippen LogP contribution in [0.25, 0.3) is 5.57 Å². The number of halogens is 6. The molecule has 2 aromatic rings. The van der Waals surface area contributed by atoms with Crippen LogP contribution in [0.2, 0.25) is 0 Å². The van der Waals surface area contributed by atoms with Gasteiger partial charge in [0.05, 0.1) is 32.2 Å². The second-order valence-corrected chi connectivity index (χ2v) is 20.2. The van der Waals surface area contributed by atoms with Crippen LogP contribution in [-0.2, 0) is 59.9 Å². The summed E-state index contributed by atoms with van der Waals surface area (Å²) in [6.45, 7) is 9.29. The zero-order valence-corrected chi connectivity index (χ0v) is 37.7. The van der Waals surface area contributed by atoms with Crippen molar-refractivity contribution in [1.29, 1.82) is 0 Å². The first-order chi connectivity index (χ1) is 30.4. The first-order valence-electron chi connectivity index (χ1n) is 22.1. The zero-order chi connectivity index (χ0) is 47.3. The summed E-state index contributed by atoms with van der Waals surface area (Å²) >= 11 is 0. The van der Waals surface area contributed by atoms with Crippen LogP contribution >= 0.6 is 0 Å². The van der Waals surface area contributed by atoms with Crippen LogP contribution in [-0.4, -0.2) is 71.5 Å². The maximum atomic E-state index is 15.1. The minimum Gasteiger partial charge on any atom is -0.748 e. The van der Waals surface area contributed by atoms with Gasteiger partial charge in [0.1, 0.15) is 18.1 Å². The van der Waals surface area contributed by atoms with Crippen LogP contribution < -0.4 is 9.64 Å². The summed E-state index contributed by atoms with van der Waals surface area (Å²) in [5.74, 6) is -1.47. The number of hydrogen-bond acceptors (Lipinski definition) is 9. The molecule has 352 valence electrons. The fourth-order valence-corrected chi connectivity index (χ4v) is 10.2. The standard InChI is InChI=1S/C47H53F6N3O8S/c1-44(2,3)37-26-29(33-25-30-14-11-21-54-22-12-15-32(42(30)54)43(33)63-37)13-10-16-36-45(4,20-7-5-6-17-40(59)64-56-38(57)18-19-39(56)58)41-34(47(51,52)53)27-31(46(48,49)50)28-35(41)55(36)23-8-9-24-65(60,61)62/h10,13,16,25-28H,5-9,11-12,14-15,17-24H2,1-4H3. The highest BCUT2D eigenvalue weighted by Crippen LogP contribution is 2.53. The lowest BCUT2D eigenvalue weighted by Gasteiger charge is -2.40. The molecule has 0 saturated carbocycles. The van der Waals surface area contributed by atoms with Gasteiger partial charge in [-0.1, -0.05) is 45.8 Å². The number of nitrogens with zero attached hydrogens (tertiary/aromatic N) is 3. The number of aryl methyl sites for hydroxylation is 1. The van der Waals surface area contributed by atoms with E-state index in [0.29, 0.717) is 16.9 Å². The van der Waals surface area contributed by atoms with Crippen LogP contribution in [0.5, 0.6) is 5.75 Å². The Morgan fingerprint density at radius 3 is 2.26 bits per heavy atom. The lowest BCUT2D eigenvalue weighted by Crippen LogP contribution is -2.35. The number of anilines is 1. The summed E-state index contributed by atoms with van der Waals surface area (Å²) in [5.41, 5.74) is -0.312. The van der Waals surface area contributed by atoms with Crippen molar-refractivity contribution in [2.24, 2.45) is 5.41 Å². The van der Waals surface area contributed by atoms with Gasteiger partial charge < -0.3 is 19.0 Å². The second kappa shape index (κ2) is 18.0. The Balaban J connectivity index is 1.31. The van der Waals surface area contributed by atoms with E-state index >= 15 is 13.2 Å². The SMILES string of the molecule is CC(C)(C)C1=CC(=CC=CC2=[N+](CCCCS(=O)(=O)[O-])c3cc(C(F)(F)F)cc(C(F)(F)F)c3C2(C)CCCCCC(=O)ON2C(=O)CCC2=O)c2cc3c4c(c2O1)CCCN4CCC3. The third-order valence-corrected chi connectivity index (χ3v) is 13.6. The summed E-state index contributed by atoms with van der Waals surface area (Å²) in [7, 11) is -4.66. The fourth-order valence-electron chi connectivity index (χ4n) is 9.68. The Morgan fingerprint density at radius 1 is 0.923 bits per heavy atom. The number of imide groups is 1. The molecule has 5 aliphatic rings. The van der Waals surface area contributed by atoms with Gasteiger partial charge in [0, 0.05) is 78.9 Å². The molecule has 5 heterocycles. The highest BCUT2D eigenvalue weighted by Gasteiger charge is 2.54. The molecule has 11 nitrogen and oxygen atoms in total. The molecule has 1 unspecified atom stereocenters. The average Bonchev–Trinajstić information content (AvgIpc) is 3.65. The van der Waals surface area contributed by atoms with E-state index in [-0.39, 0.29) is 87.4 Å². The number of fused-ring (bicyclic) bond motifs is 3. The highest BCUT2D eigenvalue weighted by molar-refractivity contribution is 7.85. The van der Waals surface area contributed by atoms with Crippen LogP contribution in [0, 0.1) is 5.41 Å². The van der Waals surface area contributed by atoms with Crippen LogP contribution in [0.4, 0.5) is 37.7 Å². The molecule has 65 heavy (non-hydrogen) atoms. The van der Waals surface area contributed by atoms with E-state index in [0.717, 1.165) is 61.2 Å². The number of carbonyl (C=O) groups is 3. The molecule has 18 heteroatoms. The Morgan fingerprint density at radius 2 is 1.62 bits per heavy atom. The number of hydroxylamine groups is 2. The maximum absolute atomic E-state index is 15.1. The van der Waals surface area contributed by atoms with Gasteiger partial charge in [0.2, 0.25) is 5.69 Å². The topological polar surface area (TPSA) is 136 Å². The Labute approximate surface area is 374 Å². The smallest absolute Gasteiger partial charge is 0.416 e. The largest absolute Gasteiger partial charge is 0.748 e. The van der Waals surface area contributed by atoms with Gasteiger partial charge in [0.15, 0.2) is 5.71 Å². The van der Waals surface area contributed by atoms with E-state index in [1.54, 1.807) is 12.2 Å². The molecule has 0 aromatic heterocycles. The summed E-state index contributed by atoms with van der Waals surface area (Å²) in [4.78, 5) is 43.7. The van der Waals surface area contributed by atoms with Gasteiger partial charge in [-0.05, 0) is 81.2 Å². The average molecular weight is 934 g/mol. The number of ether oxygens (including phenoxy) is 1. The van der Waals surface area contributed by atoms with Crippen molar-refractivity contribution in [3.05, 3.63) is 81.6 Å². The minimum atomic E-state index is -5.22.